The van der Waals surface area contributed by atoms with E-state index in [1.807, 2.05) is 17.0 Å². The van der Waals surface area contributed by atoms with E-state index in [1.165, 1.54) is 0 Å². The Balaban J connectivity index is 1.84. The predicted octanol–water partition coefficient (Wildman–Crippen LogP) is 2.82. The molecule has 2 fully saturated rings. The zero-order valence-corrected chi connectivity index (χ0v) is 13.2. The number of hydrogen-bond acceptors (Lipinski definition) is 2. The van der Waals surface area contributed by atoms with Gasteiger partial charge < -0.3 is 10.6 Å². The second-order valence-electron chi connectivity index (χ2n) is 6.10. The van der Waals surface area contributed by atoms with Gasteiger partial charge in [0.1, 0.15) is 0 Å². The number of carbonyl (C=O) groups is 1. The van der Waals surface area contributed by atoms with Crippen LogP contribution in [0.4, 0.5) is 0 Å². The number of hydrogen-bond donors (Lipinski definition) is 1. The summed E-state index contributed by atoms with van der Waals surface area (Å²) in [6, 6.07) is 8.39. The summed E-state index contributed by atoms with van der Waals surface area (Å²) < 4.78 is 1.06. The normalized spacial score (nSPS) is 25.1. The zero-order chi connectivity index (χ0) is 14.2. The van der Waals surface area contributed by atoms with Crippen molar-refractivity contribution in [2.75, 3.05) is 13.1 Å². The lowest BCUT2D eigenvalue weighted by Gasteiger charge is -2.45. The largest absolute Gasteiger partial charge is 0.340 e. The van der Waals surface area contributed by atoms with Gasteiger partial charge in [-0.1, -0.05) is 34.5 Å². The molecule has 1 aromatic carbocycles. The van der Waals surface area contributed by atoms with E-state index >= 15 is 0 Å². The molecule has 1 unspecified atom stereocenters. The van der Waals surface area contributed by atoms with Gasteiger partial charge in [0.05, 0.1) is 5.41 Å². The Bertz CT molecular complexity index is 496. The summed E-state index contributed by atoms with van der Waals surface area (Å²) >= 11 is 3.46. The summed E-state index contributed by atoms with van der Waals surface area (Å²) in [6.45, 7) is 1.59. The van der Waals surface area contributed by atoms with Gasteiger partial charge in [-0.05, 0) is 43.4 Å². The van der Waals surface area contributed by atoms with Crippen LogP contribution in [0.5, 0.6) is 0 Å². The lowest BCUT2D eigenvalue weighted by molar-refractivity contribution is -0.142. The highest BCUT2D eigenvalue weighted by Crippen LogP contribution is 2.45. The van der Waals surface area contributed by atoms with Crippen molar-refractivity contribution in [1.29, 1.82) is 0 Å². The van der Waals surface area contributed by atoms with E-state index in [0.717, 1.165) is 55.2 Å². The summed E-state index contributed by atoms with van der Waals surface area (Å²) in [5.74, 6) is 0.293. The van der Waals surface area contributed by atoms with Crippen molar-refractivity contribution in [2.45, 2.75) is 43.6 Å². The van der Waals surface area contributed by atoms with Gasteiger partial charge in [-0.3, -0.25) is 4.79 Å². The molecule has 4 heteroatoms. The Morgan fingerprint density at radius 2 is 1.95 bits per heavy atom. The topological polar surface area (TPSA) is 46.3 Å². The third kappa shape index (κ3) is 2.40. The Kier molecular flexibility index (Phi) is 3.87. The molecule has 0 radical (unpaired) electrons. The molecule has 1 aliphatic carbocycles. The monoisotopic (exact) mass is 336 g/mol. The highest BCUT2D eigenvalue weighted by molar-refractivity contribution is 9.10. The second kappa shape index (κ2) is 5.49. The van der Waals surface area contributed by atoms with Crippen LogP contribution in [0.15, 0.2) is 28.7 Å². The first-order valence-corrected chi connectivity index (χ1v) is 8.22. The maximum Gasteiger partial charge on any atom is 0.233 e. The number of likely N-dealkylation sites (tertiary alicyclic amines) is 1. The number of nitrogens with two attached hydrogens (primary N) is 1. The van der Waals surface area contributed by atoms with E-state index in [0.29, 0.717) is 5.91 Å². The van der Waals surface area contributed by atoms with Crippen molar-refractivity contribution in [2.24, 2.45) is 5.73 Å². The smallest absolute Gasteiger partial charge is 0.233 e. The Hall–Kier alpha value is -0.870. The molecular weight excluding hydrogens is 316 g/mol. The SMILES string of the molecule is NC1CCCN(C(=O)C2(c3ccc(Br)cc3)CCC2)C1. The third-order valence-corrected chi connectivity index (χ3v) is 5.29. The summed E-state index contributed by atoms with van der Waals surface area (Å²) in [6.07, 6.45) is 5.15. The highest BCUT2D eigenvalue weighted by Gasteiger charge is 2.47. The molecule has 1 saturated heterocycles. The molecule has 3 nitrogen and oxygen atoms in total. The Morgan fingerprint density at radius 3 is 2.50 bits per heavy atom. The van der Waals surface area contributed by atoms with Gasteiger partial charge in [-0.25, -0.2) is 0 Å². The van der Waals surface area contributed by atoms with Gasteiger partial charge in [-0.15, -0.1) is 0 Å². The van der Waals surface area contributed by atoms with E-state index in [4.69, 9.17) is 5.73 Å². The molecule has 20 heavy (non-hydrogen) atoms. The van der Waals surface area contributed by atoms with Crippen LogP contribution in [-0.4, -0.2) is 29.9 Å². The number of amides is 1. The first kappa shape index (κ1) is 14.1. The minimum atomic E-state index is -0.280. The fourth-order valence-electron chi connectivity index (χ4n) is 3.42. The van der Waals surface area contributed by atoms with Crippen molar-refractivity contribution < 1.29 is 4.79 Å². The maximum atomic E-state index is 13.0. The van der Waals surface area contributed by atoms with Gasteiger partial charge in [0.2, 0.25) is 5.91 Å². The van der Waals surface area contributed by atoms with Gasteiger partial charge in [0.15, 0.2) is 0 Å². The van der Waals surface area contributed by atoms with Gasteiger partial charge in [0.25, 0.3) is 0 Å². The van der Waals surface area contributed by atoms with Crippen LogP contribution in [-0.2, 0) is 10.2 Å². The standard InChI is InChI=1S/C16H21BrN2O/c17-13-6-4-12(5-7-13)16(8-2-9-16)15(20)19-10-1-3-14(18)11-19/h4-7,14H,1-3,8-11,18H2. The molecular formula is C16H21BrN2O. The molecule has 0 aromatic heterocycles. The molecule has 0 bridgehead atoms. The van der Waals surface area contributed by atoms with E-state index in [1.54, 1.807) is 0 Å². The zero-order valence-electron chi connectivity index (χ0n) is 11.6. The molecule has 1 atom stereocenters. The van der Waals surface area contributed by atoms with Gasteiger partial charge >= 0.3 is 0 Å². The fraction of sp³-hybridized carbons (Fsp3) is 0.562. The molecule has 2 N–H and O–H groups in total. The van der Waals surface area contributed by atoms with Crippen LogP contribution >= 0.6 is 15.9 Å². The molecule has 3 rings (SSSR count). The molecule has 1 saturated carbocycles. The van der Waals surface area contributed by atoms with Crippen LogP contribution in [0.25, 0.3) is 0 Å². The first-order chi connectivity index (χ1) is 9.62. The van der Waals surface area contributed by atoms with Crippen molar-refractivity contribution in [1.82, 2.24) is 4.90 Å². The Labute approximate surface area is 128 Å². The molecule has 1 aromatic rings. The number of piperidine rings is 1. The first-order valence-electron chi connectivity index (χ1n) is 7.43. The lowest BCUT2D eigenvalue weighted by Crippen LogP contribution is -2.55. The van der Waals surface area contributed by atoms with Gasteiger partial charge in [0, 0.05) is 23.6 Å². The molecule has 2 aliphatic rings. The number of benzene rings is 1. The Morgan fingerprint density at radius 1 is 1.25 bits per heavy atom. The molecule has 0 spiro atoms. The van der Waals surface area contributed by atoms with Gasteiger partial charge in [-0.2, -0.15) is 0 Å². The van der Waals surface area contributed by atoms with Crippen molar-refractivity contribution in [3.05, 3.63) is 34.3 Å². The van der Waals surface area contributed by atoms with Crippen LogP contribution in [0.1, 0.15) is 37.7 Å². The number of carbonyl (C=O) groups excluding carboxylic acids is 1. The van der Waals surface area contributed by atoms with Crippen LogP contribution in [0, 0.1) is 0 Å². The summed E-state index contributed by atoms with van der Waals surface area (Å²) in [5, 5.41) is 0. The fourth-order valence-corrected chi connectivity index (χ4v) is 3.69. The molecule has 108 valence electrons. The highest BCUT2D eigenvalue weighted by atomic mass is 79.9. The lowest BCUT2D eigenvalue weighted by atomic mass is 9.63. The van der Waals surface area contributed by atoms with E-state index < -0.39 is 0 Å². The molecule has 1 amide bonds. The summed E-state index contributed by atoms with van der Waals surface area (Å²) in [5.41, 5.74) is 6.91. The summed E-state index contributed by atoms with van der Waals surface area (Å²) in [7, 11) is 0. The quantitative estimate of drug-likeness (QED) is 0.902. The average molecular weight is 337 g/mol. The van der Waals surface area contributed by atoms with E-state index in [9.17, 15) is 4.79 Å². The van der Waals surface area contributed by atoms with Crippen LogP contribution in [0.2, 0.25) is 0 Å². The minimum Gasteiger partial charge on any atom is -0.340 e. The van der Waals surface area contributed by atoms with Crippen LogP contribution < -0.4 is 5.73 Å². The number of nitrogens with zero attached hydrogens (tertiary/aromatic N) is 1. The third-order valence-electron chi connectivity index (χ3n) is 4.76. The average Bonchev–Trinajstić information content (AvgIpc) is 2.39. The molecule has 1 heterocycles. The molecule has 1 aliphatic heterocycles. The van der Waals surface area contributed by atoms with E-state index in [-0.39, 0.29) is 11.5 Å². The second-order valence-corrected chi connectivity index (χ2v) is 7.01. The van der Waals surface area contributed by atoms with Crippen LogP contribution in [0.3, 0.4) is 0 Å². The maximum absolute atomic E-state index is 13.0. The van der Waals surface area contributed by atoms with Crippen molar-refractivity contribution in [3.63, 3.8) is 0 Å². The van der Waals surface area contributed by atoms with E-state index in [2.05, 4.69) is 28.1 Å². The van der Waals surface area contributed by atoms with Crippen molar-refractivity contribution >= 4 is 21.8 Å². The van der Waals surface area contributed by atoms with Crippen molar-refractivity contribution in [3.8, 4) is 0 Å². The number of halogens is 1. The summed E-state index contributed by atoms with van der Waals surface area (Å²) in [4.78, 5) is 15.0. The number of rotatable bonds is 2. The predicted molar refractivity (Wildman–Crippen MR) is 83.5 cm³/mol. The minimum absolute atomic E-state index is 0.148.